The summed E-state index contributed by atoms with van der Waals surface area (Å²) in [6, 6.07) is 20.3. The van der Waals surface area contributed by atoms with Gasteiger partial charge in [0.2, 0.25) is 0 Å². The first-order valence-corrected chi connectivity index (χ1v) is 5.67. The highest BCUT2D eigenvalue weighted by molar-refractivity contribution is 5.73. The minimum atomic E-state index is 0.807. The molecule has 0 heterocycles. The third kappa shape index (κ3) is 3.42. The van der Waals surface area contributed by atoms with E-state index in [2.05, 4.69) is 23.7 Å². The standard InChI is InChI=1S/C16H15N/c1-14(16-10-6-3-7-11-16)17-13-12-15-8-4-2-5-9-15/h2-11,13H,1,12H2/b17-13-. The largest absolute Gasteiger partial charge is 0.261 e. The number of benzene rings is 2. The number of nitrogens with zero attached hydrogens (tertiary/aromatic N) is 1. The summed E-state index contributed by atoms with van der Waals surface area (Å²) in [5, 5.41) is 0. The Morgan fingerprint density at radius 1 is 0.941 bits per heavy atom. The molecule has 0 spiro atoms. The quantitative estimate of drug-likeness (QED) is 0.693. The molecule has 0 bridgehead atoms. The van der Waals surface area contributed by atoms with Gasteiger partial charge in [-0.3, -0.25) is 4.99 Å². The van der Waals surface area contributed by atoms with Crippen molar-refractivity contribution in [2.75, 3.05) is 0 Å². The molecular formula is C16H15N. The topological polar surface area (TPSA) is 12.4 Å². The van der Waals surface area contributed by atoms with Crippen molar-refractivity contribution in [3.05, 3.63) is 78.4 Å². The summed E-state index contributed by atoms with van der Waals surface area (Å²) in [5.74, 6) is 0. The average Bonchev–Trinajstić information content (AvgIpc) is 2.41. The molecule has 1 heteroatoms. The highest BCUT2D eigenvalue weighted by Crippen LogP contribution is 2.12. The van der Waals surface area contributed by atoms with Gasteiger partial charge in [0, 0.05) is 12.6 Å². The Morgan fingerprint density at radius 2 is 1.53 bits per heavy atom. The van der Waals surface area contributed by atoms with Crippen molar-refractivity contribution in [2.45, 2.75) is 6.42 Å². The van der Waals surface area contributed by atoms with Crippen molar-refractivity contribution in [1.29, 1.82) is 0 Å². The predicted octanol–water partition coefficient (Wildman–Crippen LogP) is 3.97. The number of hydrogen-bond donors (Lipinski definition) is 0. The first-order valence-electron chi connectivity index (χ1n) is 5.67. The van der Waals surface area contributed by atoms with Gasteiger partial charge in [0.15, 0.2) is 0 Å². The summed E-state index contributed by atoms with van der Waals surface area (Å²) in [7, 11) is 0. The van der Waals surface area contributed by atoms with Crippen LogP contribution >= 0.6 is 0 Å². The van der Waals surface area contributed by atoms with Gasteiger partial charge in [0.05, 0.1) is 5.70 Å². The Bertz CT molecular complexity index is 498. The van der Waals surface area contributed by atoms with Crippen LogP contribution in [0, 0.1) is 0 Å². The minimum Gasteiger partial charge on any atom is -0.261 e. The van der Waals surface area contributed by atoms with E-state index in [-0.39, 0.29) is 0 Å². The fraction of sp³-hybridized carbons (Fsp3) is 0.0625. The van der Waals surface area contributed by atoms with E-state index in [1.165, 1.54) is 5.56 Å². The maximum atomic E-state index is 4.37. The lowest BCUT2D eigenvalue weighted by Crippen LogP contribution is -1.86. The van der Waals surface area contributed by atoms with Gasteiger partial charge < -0.3 is 0 Å². The number of hydrogen-bond acceptors (Lipinski definition) is 1. The van der Waals surface area contributed by atoms with Gasteiger partial charge in [-0.15, -0.1) is 0 Å². The van der Waals surface area contributed by atoms with E-state index in [1.54, 1.807) is 0 Å². The summed E-state index contributed by atoms with van der Waals surface area (Å²) in [6.07, 6.45) is 2.75. The maximum absolute atomic E-state index is 4.37. The summed E-state index contributed by atoms with van der Waals surface area (Å²) in [6.45, 7) is 3.96. The van der Waals surface area contributed by atoms with Crippen molar-refractivity contribution in [3.63, 3.8) is 0 Å². The summed E-state index contributed by atoms with van der Waals surface area (Å²) >= 11 is 0. The van der Waals surface area contributed by atoms with Crippen LogP contribution < -0.4 is 0 Å². The second-order valence-corrected chi connectivity index (χ2v) is 3.81. The van der Waals surface area contributed by atoms with Crippen LogP contribution in [0.15, 0.2) is 72.2 Å². The normalized spacial score (nSPS) is 10.6. The molecular weight excluding hydrogens is 206 g/mol. The average molecular weight is 221 g/mol. The van der Waals surface area contributed by atoms with Gasteiger partial charge in [0.25, 0.3) is 0 Å². The third-order valence-corrected chi connectivity index (χ3v) is 2.52. The molecule has 2 aromatic carbocycles. The fourth-order valence-corrected chi connectivity index (χ4v) is 1.58. The van der Waals surface area contributed by atoms with Gasteiger partial charge in [0.1, 0.15) is 0 Å². The molecule has 0 aliphatic rings. The Labute approximate surface area is 102 Å². The lowest BCUT2D eigenvalue weighted by atomic mass is 10.1. The molecule has 0 saturated carbocycles. The van der Waals surface area contributed by atoms with Crippen LogP contribution in [0.25, 0.3) is 5.70 Å². The van der Waals surface area contributed by atoms with Crippen LogP contribution in [0.4, 0.5) is 0 Å². The van der Waals surface area contributed by atoms with E-state index >= 15 is 0 Å². The molecule has 0 aromatic heterocycles. The Kier molecular flexibility index (Phi) is 3.87. The molecule has 2 rings (SSSR count). The summed E-state index contributed by atoms with van der Waals surface area (Å²) in [5.41, 5.74) is 3.13. The van der Waals surface area contributed by atoms with E-state index in [4.69, 9.17) is 0 Å². The Balaban J connectivity index is 1.96. The van der Waals surface area contributed by atoms with Crippen LogP contribution in [0.5, 0.6) is 0 Å². The predicted molar refractivity (Wildman–Crippen MR) is 74.1 cm³/mol. The SMILES string of the molecule is C=C(/N=C\Cc1ccccc1)c1ccccc1. The molecule has 0 aliphatic heterocycles. The van der Waals surface area contributed by atoms with Gasteiger partial charge in [-0.25, -0.2) is 0 Å². The first-order chi connectivity index (χ1) is 8.36. The molecule has 0 unspecified atom stereocenters. The molecule has 0 aliphatic carbocycles. The highest BCUT2D eigenvalue weighted by atomic mass is 14.7. The molecule has 0 atom stereocenters. The van der Waals surface area contributed by atoms with E-state index in [9.17, 15) is 0 Å². The van der Waals surface area contributed by atoms with E-state index < -0.39 is 0 Å². The molecule has 17 heavy (non-hydrogen) atoms. The molecule has 0 amide bonds. The molecule has 1 nitrogen and oxygen atoms in total. The van der Waals surface area contributed by atoms with Gasteiger partial charge in [-0.05, 0) is 11.1 Å². The zero-order valence-corrected chi connectivity index (χ0v) is 9.71. The molecule has 2 aromatic rings. The summed E-state index contributed by atoms with van der Waals surface area (Å²) in [4.78, 5) is 4.37. The van der Waals surface area contributed by atoms with Gasteiger partial charge in [-0.1, -0.05) is 67.2 Å². The van der Waals surface area contributed by atoms with E-state index in [0.29, 0.717) is 0 Å². The van der Waals surface area contributed by atoms with Crippen LogP contribution in [-0.4, -0.2) is 6.21 Å². The maximum Gasteiger partial charge on any atom is 0.0626 e. The van der Waals surface area contributed by atoms with Crippen molar-refractivity contribution in [1.82, 2.24) is 0 Å². The summed E-state index contributed by atoms with van der Waals surface area (Å²) < 4.78 is 0. The van der Waals surface area contributed by atoms with Crippen LogP contribution in [0.2, 0.25) is 0 Å². The van der Waals surface area contributed by atoms with E-state index in [0.717, 1.165) is 17.7 Å². The second-order valence-electron chi connectivity index (χ2n) is 3.81. The molecule has 84 valence electrons. The zero-order chi connectivity index (χ0) is 11.9. The van der Waals surface area contributed by atoms with Crippen molar-refractivity contribution in [3.8, 4) is 0 Å². The molecule has 0 saturated heterocycles. The highest BCUT2D eigenvalue weighted by Gasteiger charge is 1.93. The van der Waals surface area contributed by atoms with E-state index in [1.807, 2.05) is 54.7 Å². The zero-order valence-electron chi connectivity index (χ0n) is 9.71. The lowest BCUT2D eigenvalue weighted by Gasteiger charge is -1.99. The smallest absolute Gasteiger partial charge is 0.0626 e. The van der Waals surface area contributed by atoms with Crippen LogP contribution in [0.3, 0.4) is 0 Å². The lowest BCUT2D eigenvalue weighted by molar-refractivity contribution is 1.35. The molecule has 0 N–H and O–H groups in total. The van der Waals surface area contributed by atoms with Crippen LogP contribution in [-0.2, 0) is 6.42 Å². The fourth-order valence-electron chi connectivity index (χ4n) is 1.58. The number of aliphatic imine (C=N–C) groups is 1. The van der Waals surface area contributed by atoms with Crippen molar-refractivity contribution >= 4 is 11.9 Å². The van der Waals surface area contributed by atoms with Gasteiger partial charge in [-0.2, -0.15) is 0 Å². The monoisotopic (exact) mass is 221 g/mol. The van der Waals surface area contributed by atoms with Gasteiger partial charge >= 0.3 is 0 Å². The first kappa shape index (κ1) is 11.3. The van der Waals surface area contributed by atoms with Crippen molar-refractivity contribution in [2.24, 2.45) is 4.99 Å². The van der Waals surface area contributed by atoms with Crippen LogP contribution in [0.1, 0.15) is 11.1 Å². The number of rotatable bonds is 4. The third-order valence-electron chi connectivity index (χ3n) is 2.52. The molecule has 0 radical (unpaired) electrons. The minimum absolute atomic E-state index is 0.807. The van der Waals surface area contributed by atoms with Crippen molar-refractivity contribution < 1.29 is 0 Å². The Morgan fingerprint density at radius 3 is 2.18 bits per heavy atom. The molecule has 0 fully saturated rings. The second kappa shape index (κ2) is 5.80. The Hall–Kier alpha value is -2.15.